The van der Waals surface area contributed by atoms with Crippen molar-refractivity contribution in [2.45, 2.75) is 20.8 Å². The second kappa shape index (κ2) is 3.25. The van der Waals surface area contributed by atoms with Gasteiger partial charge >= 0.3 is 0 Å². The lowest BCUT2D eigenvalue weighted by atomic mass is 10.1. The Hall–Kier alpha value is -1.08. The lowest BCUT2D eigenvalue weighted by molar-refractivity contribution is 1.50. The standard InChI is InChI=1S/C13H14S/c1-8(2)13-10(4)11-6-5-9(3)7-12(11)14-13/h5-7H,1H2,2-4H3. The Bertz CT molecular complexity index is 503. The molecule has 2 rings (SSSR count). The number of fused-ring (bicyclic) bond motifs is 1. The van der Waals surface area contributed by atoms with Crippen molar-refractivity contribution in [3.05, 3.63) is 40.8 Å². The van der Waals surface area contributed by atoms with E-state index >= 15 is 0 Å². The lowest BCUT2D eigenvalue weighted by Gasteiger charge is -1.95. The maximum atomic E-state index is 4.01. The zero-order chi connectivity index (χ0) is 10.3. The van der Waals surface area contributed by atoms with Gasteiger partial charge in [0.15, 0.2) is 0 Å². The van der Waals surface area contributed by atoms with Gasteiger partial charge in [0.1, 0.15) is 0 Å². The largest absolute Gasteiger partial charge is 0.135 e. The molecule has 0 aliphatic carbocycles. The number of hydrogen-bond donors (Lipinski definition) is 0. The molecule has 14 heavy (non-hydrogen) atoms. The van der Waals surface area contributed by atoms with Gasteiger partial charge in [-0.05, 0) is 48.9 Å². The van der Waals surface area contributed by atoms with Crippen LogP contribution < -0.4 is 0 Å². The molecule has 0 atom stereocenters. The maximum absolute atomic E-state index is 4.01. The highest BCUT2D eigenvalue weighted by Gasteiger charge is 2.08. The zero-order valence-electron chi connectivity index (χ0n) is 8.85. The molecule has 0 N–H and O–H groups in total. The van der Waals surface area contributed by atoms with Crippen molar-refractivity contribution in [3.8, 4) is 0 Å². The SMILES string of the molecule is C=C(C)c1sc2cc(C)ccc2c1C. The first-order chi connectivity index (χ1) is 6.59. The third-order valence-corrected chi connectivity index (χ3v) is 3.90. The Labute approximate surface area is 88.9 Å². The van der Waals surface area contributed by atoms with Crippen molar-refractivity contribution in [1.29, 1.82) is 0 Å². The van der Waals surface area contributed by atoms with E-state index in [0.717, 1.165) is 0 Å². The van der Waals surface area contributed by atoms with Crippen molar-refractivity contribution in [3.63, 3.8) is 0 Å². The van der Waals surface area contributed by atoms with Crippen LogP contribution in [-0.2, 0) is 0 Å². The predicted molar refractivity (Wildman–Crippen MR) is 66.0 cm³/mol. The minimum atomic E-state index is 1.17. The fourth-order valence-corrected chi connectivity index (χ4v) is 2.97. The number of hydrogen-bond acceptors (Lipinski definition) is 1. The molecule has 0 aliphatic rings. The molecule has 72 valence electrons. The monoisotopic (exact) mass is 202 g/mol. The van der Waals surface area contributed by atoms with Crippen molar-refractivity contribution in [2.75, 3.05) is 0 Å². The second-order valence-electron chi connectivity index (χ2n) is 3.84. The molecule has 1 heteroatoms. The molecule has 0 amide bonds. The molecular formula is C13H14S. The predicted octanol–water partition coefficient (Wildman–Crippen LogP) is 4.55. The fourth-order valence-electron chi connectivity index (χ4n) is 1.74. The first-order valence-electron chi connectivity index (χ1n) is 4.75. The van der Waals surface area contributed by atoms with Crippen LogP contribution >= 0.6 is 11.3 Å². The Balaban J connectivity index is 2.79. The van der Waals surface area contributed by atoms with Gasteiger partial charge in [-0.2, -0.15) is 0 Å². The highest BCUT2D eigenvalue weighted by molar-refractivity contribution is 7.20. The minimum Gasteiger partial charge on any atom is -0.135 e. The van der Waals surface area contributed by atoms with E-state index in [4.69, 9.17) is 0 Å². The summed E-state index contributed by atoms with van der Waals surface area (Å²) in [5, 5.41) is 1.37. The van der Waals surface area contributed by atoms with Gasteiger partial charge in [-0.25, -0.2) is 0 Å². The minimum absolute atomic E-state index is 1.17. The van der Waals surface area contributed by atoms with Gasteiger partial charge in [0.25, 0.3) is 0 Å². The average molecular weight is 202 g/mol. The van der Waals surface area contributed by atoms with Crippen LogP contribution in [0.2, 0.25) is 0 Å². The second-order valence-corrected chi connectivity index (χ2v) is 4.89. The van der Waals surface area contributed by atoms with Crippen molar-refractivity contribution < 1.29 is 0 Å². The summed E-state index contributed by atoms with van der Waals surface area (Å²) < 4.78 is 1.38. The van der Waals surface area contributed by atoms with E-state index in [-0.39, 0.29) is 0 Å². The average Bonchev–Trinajstić information content (AvgIpc) is 2.43. The molecule has 0 aliphatic heterocycles. The molecule has 0 spiro atoms. The maximum Gasteiger partial charge on any atom is 0.0354 e. The summed E-state index contributed by atoms with van der Waals surface area (Å²) in [5.74, 6) is 0. The van der Waals surface area contributed by atoms with Crippen LogP contribution in [0.5, 0.6) is 0 Å². The van der Waals surface area contributed by atoms with E-state index < -0.39 is 0 Å². The van der Waals surface area contributed by atoms with Gasteiger partial charge in [-0.1, -0.05) is 18.7 Å². The fraction of sp³-hybridized carbons (Fsp3) is 0.231. The molecule has 0 radical (unpaired) electrons. The van der Waals surface area contributed by atoms with Crippen LogP contribution in [0.4, 0.5) is 0 Å². The van der Waals surface area contributed by atoms with Crippen molar-refractivity contribution in [2.24, 2.45) is 0 Å². The van der Waals surface area contributed by atoms with E-state index in [1.165, 1.54) is 31.7 Å². The molecule has 0 saturated heterocycles. The van der Waals surface area contributed by atoms with E-state index in [1.807, 2.05) is 11.3 Å². The van der Waals surface area contributed by atoms with Gasteiger partial charge in [-0.3, -0.25) is 0 Å². The van der Waals surface area contributed by atoms with E-state index in [9.17, 15) is 0 Å². The third-order valence-electron chi connectivity index (χ3n) is 2.48. The lowest BCUT2D eigenvalue weighted by Crippen LogP contribution is -1.75. The first kappa shape index (κ1) is 9.47. The summed E-state index contributed by atoms with van der Waals surface area (Å²) in [6.45, 7) is 10.4. The van der Waals surface area contributed by atoms with E-state index in [1.54, 1.807) is 0 Å². The number of rotatable bonds is 1. The Morgan fingerprint density at radius 3 is 2.64 bits per heavy atom. The summed E-state index contributed by atoms with van der Waals surface area (Å²) in [6.07, 6.45) is 0. The number of aryl methyl sites for hydroxylation is 2. The van der Waals surface area contributed by atoms with Gasteiger partial charge in [0.2, 0.25) is 0 Å². The topological polar surface area (TPSA) is 0 Å². The number of thiophene rings is 1. The van der Waals surface area contributed by atoms with Crippen LogP contribution in [-0.4, -0.2) is 0 Å². The smallest absolute Gasteiger partial charge is 0.0354 e. The van der Waals surface area contributed by atoms with Crippen LogP contribution in [0.25, 0.3) is 15.7 Å². The molecule has 1 heterocycles. The number of allylic oxidation sites excluding steroid dienone is 1. The molecular weight excluding hydrogens is 188 g/mol. The summed E-state index contributed by atoms with van der Waals surface area (Å²) in [5.41, 5.74) is 3.87. The third kappa shape index (κ3) is 1.38. The molecule has 2 aromatic rings. The summed E-state index contributed by atoms with van der Waals surface area (Å²) in [6, 6.07) is 6.63. The molecule has 0 nitrogen and oxygen atoms in total. The van der Waals surface area contributed by atoms with Crippen LogP contribution in [0.15, 0.2) is 24.8 Å². The Morgan fingerprint density at radius 1 is 1.29 bits per heavy atom. The molecule has 0 bridgehead atoms. The first-order valence-corrected chi connectivity index (χ1v) is 5.57. The molecule has 0 fully saturated rings. The van der Waals surface area contributed by atoms with Gasteiger partial charge < -0.3 is 0 Å². The van der Waals surface area contributed by atoms with Crippen LogP contribution in [0, 0.1) is 13.8 Å². The van der Waals surface area contributed by atoms with Gasteiger partial charge in [-0.15, -0.1) is 11.3 Å². The van der Waals surface area contributed by atoms with Crippen LogP contribution in [0.3, 0.4) is 0 Å². The normalized spacial score (nSPS) is 10.8. The van der Waals surface area contributed by atoms with Crippen molar-refractivity contribution in [1.82, 2.24) is 0 Å². The molecule has 0 saturated carbocycles. The quantitative estimate of drug-likeness (QED) is 0.636. The van der Waals surface area contributed by atoms with Gasteiger partial charge in [0.05, 0.1) is 0 Å². The van der Waals surface area contributed by atoms with E-state index in [2.05, 4.69) is 45.5 Å². The van der Waals surface area contributed by atoms with Gasteiger partial charge in [0, 0.05) is 9.58 Å². The summed E-state index contributed by atoms with van der Waals surface area (Å²) >= 11 is 1.85. The summed E-state index contributed by atoms with van der Waals surface area (Å²) in [4.78, 5) is 1.34. The van der Waals surface area contributed by atoms with E-state index in [0.29, 0.717) is 0 Å². The van der Waals surface area contributed by atoms with Crippen molar-refractivity contribution >= 4 is 27.0 Å². The highest BCUT2D eigenvalue weighted by Crippen LogP contribution is 2.34. The number of benzene rings is 1. The van der Waals surface area contributed by atoms with Crippen LogP contribution in [0.1, 0.15) is 22.9 Å². The Kier molecular flexibility index (Phi) is 2.20. The summed E-state index contributed by atoms with van der Waals surface area (Å²) in [7, 11) is 0. The molecule has 0 unspecified atom stereocenters. The highest BCUT2D eigenvalue weighted by atomic mass is 32.1. The Morgan fingerprint density at radius 2 is 2.00 bits per heavy atom. The molecule has 1 aromatic heterocycles. The zero-order valence-corrected chi connectivity index (χ0v) is 9.66. The molecule has 1 aromatic carbocycles.